The van der Waals surface area contributed by atoms with E-state index in [4.69, 9.17) is 4.74 Å². The molecule has 6 nitrogen and oxygen atoms in total. The van der Waals surface area contributed by atoms with E-state index in [-0.39, 0.29) is 11.9 Å². The standard InChI is InChI=1S/C17H23N3O3/c1-13-4-2-5-14(12-13)23-11-3-10-20-15(21)17(19-16(20)22)6-8-18-9-7-17/h2,4-5,12,18H,3,6-11H2,1H3,(H,19,22). The van der Waals surface area contributed by atoms with Gasteiger partial charge in [0.2, 0.25) is 0 Å². The van der Waals surface area contributed by atoms with Gasteiger partial charge >= 0.3 is 6.03 Å². The molecule has 23 heavy (non-hydrogen) atoms. The average molecular weight is 317 g/mol. The quantitative estimate of drug-likeness (QED) is 0.637. The minimum atomic E-state index is -0.681. The van der Waals surface area contributed by atoms with Crippen molar-refractivity contribution in [2.75, 3.05) is 26.2 Å². The van der Waals surface area contributed by atoms with Crippen LogP contribution >= 0.6 is 0 Å². The number of hydrogen-bond acceptors (Lipinski definition) is 4. The highest BCUT2D eigenvalue weighted by molar-refractivity contribution is 6.07. The van der Waals surface area contributed by atoms with E-state index in [2.05, 4.69) is 10.6 Å². The Balaban J connectivity index is 1.50. The summed E-state index contributed by atoms with van der Waals surface area (Å²) in [5.74, 6) is 0.733. The topological polar surface area (TPSA) is 70.7 Å². The lowest BCUT2D eigenvalue weighted by Crippen LogP contribution is -2.53. The first kappa shape index (κ1) is 15.8. The molecule has 0 radical (unpaired) electrons. The third kappa shape index (κ3) is 3.32. The number of urea groups is 1. The zero-order valence-electron chi connectivity index (χ0n) is 13.4. The Morgan fingerprint density at radius 1 is 1.26 bits per heavy atom. The summed E-state index contributed by atoms with van der Waals surface area (Å²) < 4.78 is 5.67. The molecule has 0 unspecified atom stereocenters. The fraction of sp³-hybridized carbons (Fsp3) is 0.529. The third-order valence-electron chi connectivity index (χ3n) is 4.49. The van der Waals surface area contributed by atoms with Crippen LogP contribution in [-0.4, -0.2) is 48.6 Å². The van der Waals surface area contributed by atoms with E-state index in [0.717, 1.165) is 24.4 Å². The SMILES string of the molecule is Cc1cccc(OCCCN2C(=O)NC3(CCNCC3)C2=O)c1. The molecular formula is C17H23N3O3. The summed E-state index contributed by atoms with van der Waals surface area (Å²) in [6.07, 6.45) is 1.95. The summed E-state index contributed by atoms with van der Waals surface area (Å²) in [5, 5.41) is 6.11. The van der Waals surface area contributed by atoms with Crippen LogP contribution in [0.2, 0.25) is 0 Å². The van der Waals surface area contributed by atoms with Crippen LogP contribution in [0.5, 0.6) is 5.75 Å². The monoisotopic (exact) mass is 317 g/mol. The summed E-state index contributed by atoms with van der Waals surface area (Å²) in [5.41, 5.74) is 0.462. The van der Waals surface area contributed by atoms with E-state index in [0.29, 0.717) is 32.4 Å². The zero-order valence-corrected chi connectivity index (χ0v) is 13.4. The van der Waals surface area contributed by atoms with Gasteiger partial charge in [0.25, 0.3) is 5.91 Å². The Morgan fingerprint density at radius 2 is 2.04 bits per heavy atom. The van der Waals surface area contributed by atoms with Gasteiger partial charge in [-0.25, -0.2) is 4.79 Å². The lowest BCUT2D eigenvalue weighted by Gasteiger charge is -2.31. The average Bonchev–Trinajstić information content (AvgIpc) is 2.76. The molecule has 0 atom stereocenters. The zero-order chi connectivity index (χ0) is 16.3. The van der Waals surface area contributed by atoms with Crippen molar-refractivity contribution in [3.63, 3.8) is 0 Å². The molecule has 1 aromatic carbocycles. The second-order valence-electron chi connectivity index (χ2n) is 6.24. The van der Waals surface area contributed by atoms with Crippen LogP contribution in [0.3, 0.4) is 0 Å². The van der Waals surface area contributed by atoms with Crippen molar-refractivity contribution in [3.8, 4) is 5.75 Å². The van der Waals surface area contributed by atoms with E-state index >= 15 is 0 Å². The predicted octanol–water partition coefficient (Wildman–Crippen LogP) is 1.44. The van der Waals surface area contributed by atoms with E-state index < -0.39 is 5.54 Å². The maximum atomic E-state index is 12.6. The highest BCUT2D eigenvalue weighted by Crippen LogP contribution is 2.27. The molecule has 2 aliphatic rings. The lowest BCUT2D eigenvalue weighted by atomic mass is 9.88. The van der Waals surface area contributed by atoms with E-state index in [1.54, 1.807) is 0 Å². The van der Waals surface area contributed by atoms with Crippen molar-refractivity contribution in [2.24, 2.45) is 0 Å². The summed E-state index contributed by atoms with van der Waals surface area (Å²) >= 11 is 0. The van der Waals surface area contributed by atoms with Crippen molar-refractivity contribution >= 4 is 11.9 Å². The maximum Gasteiger partial charge on any atom is 0.325 e. The highest BCUT2D eigenvalue weighted by atomic mass is 16.5. The van der Waals surface area contributed by atoms with Crippen molar-refractivity contribution in [3.05, 3.63) is 29.8 Å². The Kier molecular flexibility index (Phi) is 4.52. The minimum absolute atomic E-state index is 0.0837. The molecule has 0 saturated carbocycles. The molecule has 124 valence electrons. The number of nitrogens with one attached hydrogen (secondary N) is 2. The van der Waals surface area contributed by atoms with Gasteiger partial charge in [0.15, 0.2) is 0 Å². The smallest absolute Gasteiger partial charge is 0.325 e. The molecule has 3 amide bonds. The molecule has 2 saturated heterocycles. The number of ether oxygens (including phenoxy) is 1. The van der Waals surface area contributed by atoms with E-state index in [1.165, 1.54) is 4.90 Å². The number of rotatable bonds is 5. The first-order valence-electron chi connectivity index (χ1n) is 8.15. The number of piperidine rings is 1. The van der Waals surface area contributed by atoms with Gasteiger partial charge in [0.1, 0.15) is 11.3 Å². The highest BCUT2D eigenvalue weighted by Gasteiger charge is 2.50. The molecule has 1 spiro atoms. The number of hydrogen-bond donors (Lipinski definition) is 2. The van der Waals surface area contributed by atoms with Crippen LogP contribution in [0.25, 0.3) is 0 Å². The number of benzene rings is 1. The lowest BCUT2D eigenvalue weighted by molar-refractivity contribution is -0.132. The molecule has 3 rings (SSSR count). The van der Waals surface area contributed by atoms with Gasteiger partial charge in [-0.15, -0.1) is 0 Å². The number of imide groups is 1. The van der Waals surface area contributed by atoms with Crippen molar-refractivity contribution in [2.45, 2.75) is 31.7 Å². The second-order valence-corrected chi connectivity index (χ2v) is 6.24. The fourth-order valence-corrected chi connectivity index (χ4v) is 3.19. The van der Waals surface area contributed by atoms with Crippen molar-refractivity contribution in [1.82, 2.24) is 15.5 Å². The number of carbonyl (C=O) groups excluding carboxylic acids is 2. The van der Waals surface area contributed by atoms with Gasteiger partial charge in [-0.1, -0.05) is 12.1 Å². The Bertz CT molecular complexity index is 597. The third-order valence-corrected chi connectivity index (χ3v) is 4.49. The number of nitrogens with zero attached hydrogens (tertiary/aromatic N) is 1. The normalized spacial score (nSPS) is 20.0. The Morgan fingerprint density at radius 3 is 2.78 bits per heavy atom. The number of amides is 3. The molecule has 2 N–H and O–H groups in total. The van der Waals surface area contributed by atoms with Crippen molar-refractivity contribution in [1.29, 1.82) is 0 Å². The predicted molar refractivity (Wildman–Crippen MR) is 86.4 cm³/mol. The van der Waals surface area contributed by atoms with Gasteiger partial charge < -0.3 is 15.4 Å². The van der Waals surface area contributed by atoms with E-state index in [9.17, 15) is 9.59 Å². The first-order chi connectivity index (χ1) is 11.1. The fourth-order valence-electron chi connectivity index (χ4n) is 3.19. The second kappa shape index (κ2) is 6.58. The molecular weight excluding hydrogens is 294 g/mol. The van der Waals surface area contributed by atoms with Crippen LogP contribution < -0.4 is 15.4 Å². The largest absolute Gasteiger partial charge is 0.494 e. The molecule has 2 heterocycles. The Labute approximate surface area is 136 Å². The summed E-state index contributed by atoms with van der Waals surface area (Å²) in [7, 11) is 0. The molecule has 0 aromatic heterocycles. The van der Waals surface area contributed by atoms with Gasteiger partial charge in [0, 0.05) is 6.54 Å². The van der Waals surface area contributed by atoms with Gasteiger partial charge in [0.05, 0.1) is 6.61 Å². The van der Waals surface area contributed by atoms with E-state index in [1.807, 2.05) is 31.2 Å². The van der Waals surface area contributed by atoms with Crippen LogP contribution in [0, 0.1) is 6.92 Å². The molecule has 0 aliphatic carbocycles. The molecule has 6 heteroatoms. The summed E-state index contributed by atoms with van der Waals surface area (Å²) in [6.45, 7) is 4.41. The first-order valence-corrected chi connectivity index (χ1v) is 8.15. The van der Waals surface area contributed by atoms with Gasteiger partial charge in [-0.2, -0.15) is 0 Å². The molecule has 0 bridgehead atoms. The summed E-state index contributed by atoms with van der Waals surface area (Å²) in [4.78, 5) is 26.0. The minimum Gasteiger partial charge on any atom is -0.494 e. The Hall–Kier alpha value is -2.08. The van der Waals surface area contributed by atoms with Crippen LogP contribution in [0.1, 0.15) is 24.8 Å². The molecule has 2 fully saturated rings. The molecule has 2 aliphatic heterocycles. The van der Waals surface area contributed by atoms with Crippen LogP contribution in [0.15, 0.2) is 24.3 Å². The van der Waals surface area contributed by atoms with Crippen LogP contribution in [0.4, 0.5) is 4.79 Å². The number of aryl methyl sites for hydroxylation is 1. The van der Waals surface area contributed by atoms with Gasteiger partial charge in [-0.05, 0) is 57.0 Å². The maximum absolute atomic E-state index is 12.6. The molecule has 1 aromatic rings. The van der Waals surface area contributed by atoms with Gasteiger partial charge in [-0.3, -0.25) is 9.69 Å². The van der Waals surface area contributed by atoms with Crippen molar-refractivity contribution < 1.29 is 14.3 Å². The van der Waals surface area contributed by atoms with Crippen LogP contribution in [-0.2, 0) is 4.79 Å². The number of carbonyl (C=O) groups is 2. The summed E-state index contributed by atoms with van der Waals surface area (Å²) in [6, 6.07) is 7.57.